The van der Waals surface area contributed by atoms with Crippen LogP contribution in [0.2, 0.25) is 0 Å². The Balaban J connectivity index is 2.24. The topological polar surface area (TPSA) is 63.4 Å². The molecule has 1 aromatic rings. The minimum absolute atomic E-state index is 0.00297. The molecule has 1 fully saturated rings. The van der Waals surface area contributed by atoms with Gasteiger partial charge >= 0.3 is 0 Å². The molecule has 1 unspecified atom stereocenters. The predicted molar refractivity (Wildman–Crippen MR) is 88.7 cm³/mol. The summed E-state index contributed by atoms with van der Waals surface area (Å²) in [6, 6.07) is 4.55. The van der Waals surface area contributed by atoms with E-state index in [2.05, 4.69) is 0 Å². The second-order valence-electron chi connectivity index (χ2n) is 5.01. The molecule has 0 spiro atoms. The highest BCUT2D eigenvalue weighted by atomic mass is 32.2. The standard InChI is InChI=1S/C13H17FN2O2S3/c1-21(17,18)12-8-20-5-4-16(12)7-9-2-3-11(14)10(6-9)13(15)19/h2-3,6,12H,4-5,7-8H2,1H3,(H2,15,19). The SMILES string of the molecule is CS(=O)(=O)C1CSCCN1Cc1ccc(F)c(C(N)=S)c1. The van der Waals surface area contributed by atoms with E-state index in [1.165, 1.54) is 12.3 Å². The number of nitrogens with two attached hydrogens (primary N) is 1. The Bertz CT molecular complexity index is 649. The number of sulfone groups is 1. The zero-order valence-corrected chi connectivity index (χ0v) is 14.0. The lowest BCUT2D eigenvalue weighted by molar-refractivity contribution is 0.262. The maximum absolute atomic E-state index is 13.6. The summed E-state index contributed by atoms with van der Waals surface area (Å²) in [5, 5.41) is -0.505. The van der Waals surface area contributed by atoms with E-state index in [4.69, 9.17) is 18.0 Å². The summed E-state index contributed by atoms with van der Waals surface area (Å²) in [7, 11) is -3.15. The first-order valence-corrected chi connectivity index (χ1v) is 9.89. The van der Waals surface area contributed by atoms with Gasteiger partial charge in [0.2, 0.25) is 0 Å². The molecular formula is C13H17FN2O2S3. The van der Waals surface area contributed by atoms with Gasteiger partial charge in [0.25, 0.3) is 0 Å². The number of hydrogen-bond donors (Lipinski definition) is 1. The summed E-state index contributed by atoms with van der Waals surface area (Å²) in [6.45, 7) is 1.12. The highest BCUT2D eigenvalue weighted by Crippen LogP contribution is 2.23. The van der Waals surface area contributed by atoms with E-state index < -0.39 is 21.0 Å². The Morgan fingerprint density at radius 2 is 2.29 bits per heavy atom. The average molecular weight is 348 g/mol. The van der Waals surface area contributed by atoms with Crippen molar-refractivity contribution < 1.29 is 12.8 Å². The van der Waals surface area contributed by atoms with Gasteiger partial charge in [-0.3, -0.25) is 4.90 Å². The van der Waals surface area contributed by atoms with Crippen molar-refractivity contribution in [3.63, 3.8) is 0 Å². The van der Waals surface area contributed by atoms with E-state index in [1.54, 1.807) is 23.9 Å². The highest BCUT2D eigenvalue weighted by Gasteiger charge is 2.30. The van der Waals surface area contributed by atoms with Crippen molar-refractivity contribution in [1.82, 2.24) is 4.90 Å². The zero-order valence-electron chi connectivity index (χ0n) is 11.6. The van der Waals surface area contributed by atoms with E-state index in [0.717, 1.165) is 11.3 Å². The van der Waals surface area contributed by atoms with Crippen LogP contribution in [0.5, 0.6) is 0 Å². The fourth-order valence-electron chi connectivity index (χ4n) is 2.28. The molecule has 0 bridgehead atoms. The summed E-state index contributed by atoms with van der Waals surface area (Å²) >= 11 is 6.45. The molecule has 8 heteroatoms. The van der Waals surface area contributed by atoms with E-state index in [-0.39, 0.29) is 10.6 Å². The Kier molecular flexibility index (Phi) is 5.24. The van der Waals surface area contributed by atoms with E-state index in [1.807, 2.05) is 4.90 Å². The van der Waals surface area contributed by atoms with Crippen LogP contribution < -0.4 is 5.73 Å². The molecule has 116 valence electrons. The summed E-state index contributed by atoms with van der Waals surface area (Å²) < 4.78 is 37.3. The van der Waals surface area contributed by atoms with Gasteiger partial charge in [0, 0.05) is 36.4 Å². The van der Waals surface area contributed by atoms with Crippen LogP contribution in [0.15, 0.2) is 18.2 Å². The molecule has 2 rings (SSSR count). The molecule has 21 heavy (non-hydrogen) atoms. The largest absolute Gasteiger partial charge is 0.389 e. The number of thioether (sulfide) groups is 1. The van der Waals surface area contributed by atoms with Gasteiger partial charge in [0.15, 0.2) is 9.84 Å². The smallest absolute Gasteiger partial charge is 0.164 e. The minimum atomic E-state index is -3.15. The number of benzene rings is 1. The Morgan fingerprint density at radius 1 is 1.57 bits per heavy atom. The van der Waals surface area contributed by atoms with Gasteiger partial charge in [-0.2, -0.15) is 11.8 Å². The lowest BCUT2D eigenvalue weighted by Crippen LogP contribution is -2.46. The van der Waals surface area contributed by atoms with Crippen LogP contribution in [-0.2, 0) is 16.4 Å². The molecule has 1 saturated heterocycles. The van der Waals surface area contributed by atoms with Crippen molar-refractivity contribution in [2.75, 3.05) is 24.3 Å². The second kappa shape index (κ2) is 6.60. The quantitative estimate of drug-likeness (QED) is 0.830. The monoisotopic (exact) mass is 348 g/mol. The highest BCUT2D eigenvalue weighted by molar-refractivity contribution is 8.00. The maximum Gasteiger partial charge on any atom is 0.164 e. The molecule has 1 atom stereocenters. The molecule has 1 aliphatic rings. The summed E-state index contributed by atoms with van der Waals surface area (Å²) in [5.74, 6) is 0.984. The molecule has 1 aliphatic heterocycles. The molecule has 4 nitrogen and oxygen atoms in total. The minimum Gasteiger partial charge on any atom is -0.389 e. The molecule has 0 saturated carbocycles. The number of thiocarbonyl (C=S) groups is 1. The van der Waals surface area contributed by atoms with Crippen LogP contribution in [0.25, 0.3) is 0 Å². The lowest BCUT2D eigenvalue weighted by atomic mass is 10.1. The third-order valence-electron chi connectivity index (χ3n) is 3.37. The van der Waals surface area contributed by atoms with Crippen LogP contribution in [0.4, 0.5) is 4.39 Å². The second-order valence-corrected chi connectivity index (χ2v) is 8.80. The third kappa shape index (κ3) is 4.15. The van der Waals surface area contributed by atoms with Crippen molar-refractivity contribution in [3.05, 3.63) is 35.1 Å². The summed E-state index contributed by atoms with van der Waals surface area (Å²) in [6.07, 6.45) is 1.25. The van der Waals surface area contributed by atoms with Crippen molar-refractivity contribution in [2.24, 2.45) is 5.73 Å². The fraction of sp³-hybridized carbons (Fsp3) is 0.462. The summed E-state index contributed by atoms with van der Waals surface area (Å²) in [5.41, 5.74) is 6.50. The van der Waals surface area contributed by atoms with Crippen molar-refractivity contribution in [2.45, 2.75) is 11.9 Å². The first-order valence-electron chi connectivity index (χ1n) is 6.38. The lowest BCUT2D eigenvalue weighted by Gasteiger charge is -2.34. The molecule has 0 aromatic heterocycles. The van der Waals surface area contributed by atoms with Crippen LogP contribution in [0.3, 0.4) is 0 Å². The number of rotatable bonds is 4. The molecule has 0 aliphatic carbocycles. The van der Waals surface area contributed by atoms with Crippen molar-refractivity contribution >= 4 is 38.8 Å². The molecule has 0 amide bonds. The third-order valence-corrected chi connectivity index (χ3v) is 6.27. The zero-order chi connectivity index (χ0) is 15.6. The van der Waals surface area contributed by atoms with Gasteiger partial charge in [-0.1, -0.05) is 18.3 Å². The predicted octanol–water partition coefficient (Wildman–Crippen LogP) is 1.38. The van der Waals surface area contributed by atoms with Gasteiger partial charge in [0.05, 0.1) is 0 Å². The fourth-order valence-corrected chi connectivity index (χ4v) is 5.38. The number of halogens is 1. The number of hydrogen-bond acceptors (Lipinski definition) is 5. The van der Waals surface area contributed by atoms with E-state index >= 15 is 0 Å². The van der Waals surface area contributed by atoms with Gasteiger partial charge < -0.3 is 5.73 Å². The van der Waals surface area contributed by atoms with Gasteiger partial charge in [-0.15, -0.1) is 0 Å². The van der Waals surface area contributed by atoms with Crippen molar-refractivity contribution in [3.8, 4) is 0 Å². The van der Waals surface area contributed by atoms with Crippen LogP contribution >= 0.6 is 24.0 Å². The van der Waals surface area contributed by atoms with Crippen LogP contribution in [0, 0.1) is 5.82 Å². The first-order chi connectivity index (χ1) is 9.79. The van der Waals surface area contributed by atoms with Crippen LogP contribution in [-0.4, -0.2) is 48.0 Å². The van der Waals surface area contributed by atoms with Gasteiger partial charge in [0.1, 0.15) is 16.2 Å². The summed E-state index contributed by atoms with van der Waals surface area (Å²) in [4.78, 5) is 1.91. The molecule has 0 radical (unpaired) electrons. The molecule has 1 aromatic carbocycles. The van der Waals surface area contributed by atoms with Gasteiger partial charge in [-0.05, 0) is 17.7 Å². The van der Waals surface area contributed by atoms with E-state index in [0.29, 0.717) is 18.8 Å². The van der Waals surface area contributed by atoms with Crippen LogP contribution in [0.1, 0.15) is 11.1 Å². The van der Waals surface area contributed by atoms with Crippen molar-refractivity contribution in [1.29, 1.82) is 0 Å². The first kappa shape index (κ1) is 16.7. The van der Waals surface area contributed by atoms with Gasteiger partial charge in [-0.25, -0.2) is 12.8 Å². The number of nitrogens with zero attached hydrogens (tertiary/aromatic N) is 1. The molecule has 2 N–H and O–H groups in total. The Labute approximate surface area is 133 Å². The molecule has 1 heterocycles. The van der Waals surface area contributed by atoms with E-state index in [9.17, 15) is 12.8 Å². The normalized spacial score (nSPS) is 20.4. The maximum atomic E-state index is 13.6. The Hall–Kier alpha value is -0.700. The Morgan fingerprint density at radius 3 is 2.90 bits per heavy atom. The average Bonchev–Trinajstić information content (AvgIpc) is 2.40. The molecular weight excluding hydrogens is 331 g/mol.